The van der Waals surface area contributed by atoms with Crippen LogP contribution in [0.15, 0.2) is 84.1 Å². The summed E-state index contributed by atoms with van der Waals surface area (Å²) < 4.78 is 40.8. The van der Waals surface area contributed by atoms with Gasteiger partial charge in [-0.2, -0.15) is 0 Å². The summed E-state index contributed by atoms with van der Waals surface area (Å²) in [5, 5.41) is 6.27. The lowest BCUT2D eigenvalue weighted by Gasteiger charge is -2.28. The highest BCUT2D eigenvalue weighted by molar-refractivity contribution is 7.41. The summed E-state index contributed by atoms with van der Waals surface area (Å²) in [5.41, 5.74) is 3.37. The van der Waals surface area contributed by atoms with Gasteiger partial charge in [0.2, 0.25) is 0 Å². The molecule has 1 atom stereocenters. The molecule has 1 unspecified atom stereocenters. The topological polar surface area (TPSA) is 99.1 Å². The van der Waals surface area contributed by atoms with Crippen LogP contribution in [0.4, 0.5) is 15.8 Å². The highest BCUT2D eigenvalue weighted by atomic mass is 31.2. The molecule has 9 nitrogen and oxygen atoms in total. The predicted octanol–water partition coefficient (Wildman–Crippen LogP) is 7.97. The van der Waals surface area contributed by atoms with Gasteiger partial charge in [0.1, 0.15) is 11.4 Å². The second-order valence-electron chi connectivity index (χ2n) is 11.1. The van der Waals surface area contributed by atoms with Gasteiger partial charge in [-0.05, 0) is 57.6 Å². The number of aliphatic imine (C=N–C) groups is 1. The van der Waals surface area contributed by atoms with Crippen molar-refractivity contribution in [1.82, 2.24) is 15.3 Å². The Morgan fingerprint density at radius 1 is 1.02 bits per heavy atom. The molecule has 0 bridgehead atoms. The lowest BCUT2D eigenvalue weighted by molar-refractivity contribution is 0.0480. The number of nitrogens with one attached hydrogen (secondary N) is 2. The maximum absolute atomic E-state index is 16.3. The molecule has 45 heavy (non-hydrogen) atoms. The minimum atomic E-state index is -1.79. The predicted molar refractivity (Wildman–Crippen MR) is 176 cm³/mol. The van der Waals surface area contributed by atoms with Gasteiger partial charge in [-0.25, -0.2) is 14.4 Å². The third-order valence-corrected chi connectivity index (χ3v) is 8.59. The Labute approximate surface area is 265 Å². The molecule has 2 heterocycles. The average Bonchev–Trinajstić information content (AvgIpc) is 3.60. The zero-order valence-electron chi connectivity index (χ0n) is 25.8. The van der Waals surface area contributed by atoms with Crippen molar-refractivity contribution >= 4 is 26.7 Å². The van der Waals surface area contributed by atoms with Crippen LogP contribution in [0.1, 0.15) is 55.3 Å². The first-order valence-electron chi connectivity index (χ1n) is 14.9. The largest absolute Gasteiger partial charge is 0.373 e. The van der Waals surface area contributed by atoms with Gasteiger partial charge in [-0.15, -0.1) is 0 Å². The molecule has 1 aromatic heterocycles. The average molecular weight is 632 g/mol. The van der Waals surface area contributed by atoms with E-state index in [-0.39, 0.29) is 6.10 Å². The van der Waals surface area contributed by atoms with Crippen molar-refractivity contribution in [3.8, 4) is 11.1 Å². The van der Waals surface area contributed by atoms with Crippen molar-refractivity contribution < 1.29 is 22.7 Å². The van der Waals surface area contributed by atoms with E-state index in [1.165, 1.54) is 0 Å². The number of ether oxygens (including phenoxy) is 1. The molecular formula is C34H39FN5O4P. The Balaban J connectivity index is 1.38. The summed E-state index contributed by atoms with van der Waals surface area (Å²) in [5.74, 6) is 0.00594. The van der Waals surface area contributed by atoms with E-state index in [4.69, 9.17) is 18.3 Å². The van der Waals surface area contributed by atoms with Crippen LogP contribution in [0.2, 0.25) is 0 Å². The number of benzene rings is 3. The molecule has 4 aromatic rings. The number of hydrogen-bond donors (Lipinski definition) is 2. The Kier molecular flexibility index (Phi) is 11.3. The Hall–Kier alpha value is -3.63. The number of anilines is 1. The standard InChI is InChI=1S/C34H39FN5O4P/c1-34(2,44-45(42-21-24-12-7-5-8-13-24)43-22-25-14-9-6-10-15-25)33-38-19-26(20-39-33)27-18-28(37-4)32(40-23-36-3)30(31(27)35)29-16-11-17-41-29/h5-10,12-15,18-20,29,36,40H,4,11,16-17,21-23H2,1-3H3. The second kappa shape index (κ2) is 15.6. The molecule has 3 aromatic carbocycles. The molecule has 1 aliphatic rings. The highest BCUT2D eigenvalue weighted by Crippen LogP contribution is 2.48. The van der Waals surface area contributed by atoms with Gasteiger partial charge in [0.15, 0.2) is 5.82 Å². The van der Waals surface area contributed by atoms with Crippen LogP contribution in [0.5, 0.6) is 0 Å². The third kappa shape index (κ3) is 8.35. The van der Waals surface area contributed by atoms with Crippen LogP contribution < -0.4 is 10.6 Å². The zero-order valence-corrected chi connectivity index (χ0v) is 26.7. The van der Waals surface area contributed by atoms with Gasteiger partial charge in [0.05, 0.1) is 37.4 Å². The molecule has 1 aliphatic heterocycles. The van der Waals surface area contributed by atoms with Crippen LogP contribution in [-0.4, -0.2) is 37.0 Å². The van der Waals surface area contributed by atoms with Crippen molar-refractivity contribution in [2.75, 3.05) is 25.6 Å². The summed E-state index contributed by atoms with van der Waals surface area (Å²) in [7, 11) is 0.0214. The normalized spacial score (nSPS) is 15.0. The van der Waals surface area contributed by atoms with Crippen LogP contribution in [0.3, 0.4) is 0 Å². The number of aromatic nitrogens is 2. The minimum absolute atomic E-state index is 0.322. The van der Waals surface area contributed by atoms with Gasteiger partial charge in [-0.3, -0.25) is 9.52 Å². The van der Waals surface area contributed by atoms with Crippen LogP contribution in [0, 0.1) is 5.82 Å². The lowest BCUT2D eigenvalue weighted by Crippen LogP contribution is -2.23. The SMILES string of the molecule is C=Nc1cc(-c2cnc(C(C)(C)OP(OCc3ccccc3)OCc3ccccc3)nc2)c(F)c(C2CCCO2)c1NCNC. The fraction of sp³-hybridized carbons (Fsp3) is 0.324. The highest BCUT2D eigenvalue weighted by Gasteiger charge is 2.32. The van der Waals surface area contributed by atoms with Gasteiger partial charge in [0, 0.05) is 35.7 Å². The summed E-state index contributed by atoms with van der Waals surface area (Å²) in [6.45, 7) is 9.09. The summed E-state index contributed by atoms with van der Waals surface area (Å²) in [4.78, 5) is 13.4. The van der Waals surface area contributed by atoms with Crippen LogP contribution in [0.25, 0.3) is 11.1 Å². The minimum Gasteiger partial charge on any atom is -0.373 e. The number of nitrogens with zero attached hydrogens (tertiary/aromatic N) is 3. The molecule has 1 saturated heterocycles. The monoisotopic (exact) mass is 631 g/mol. The molecular weight excluding hydrogens is 592 g/mol. The Bertz CT molecular complexity index is 1490. The third-order valence-electron chi connectivity index (χ3n) is 7.31. The van der Waals surface area contributed by atoms with E-state index in [0.29, 0.717) is 66.8 Å². The maximum Gasteiger partial charge on any atom is 0.334 e. The number of hydrogen-bond acceptors (Lipinski definition) is 9. The molecule has 1 fully saturated rings. The quantitative estimate of drug-likeness (QED) is 0.0775. The lowest BCUT2D eigenvalue weighted by atomic mass is 9.96. The first-order chi connectivity index (χ1) is 21.9. The van der Waals surface area contributed by atoms with Gasteiger partial charge < -0.3 is 24.4 Å². The smallest absolute Gasteiger partial charge is 0.334 e. The zero-order chi connectivity index (χ0) is 31.6. The van der Waals surface area contributed by atoms with Crippen LogP contribution in [-0.2, 0) is 37.1 Å². The van der Waals surface area contributed by atoms with Crippen molar-refractivity contribution in [2.24, 2.45) is 4.99 Å². The van der Waals surface area contributed by atoms with Gasteiger partial charge in [0.25, 0.3) is 0 Å². The maximum atomic E-state index is 16.3. The molecule has 0 spiro atoms. The van der Waals surface area contributed by atoms with E-state index in [1.54, 1.807) is 18.5 Å². The van der Waals surface area contributed by atoms with Crippen molar-refractivity contribution in [2.45, 2.75) is 51.6 Å². The van der Waals surface area contributed by atoms with E-state index >= 15 is 4.39 Å². The molecule has 0 radical (unpaired) electrons. The summed E-state index contributed by atoms with van der Waals surface area (Å²) >= 11 is 0. The molecule has 0 amide bonds. The van der Waals surface area contributed by atoms with Crippen molar-refractivity contribution in [3.63, 3.8) is 0 Å². The van der Waals surface area contributed by atoms with Crippen molar-refractivity contribution in [3.05, 3.63) is 107 Å². The van der Waals surface area contributed by atoms with Gasteiger partial charge in [-0.1, -0.05) is 60.7 Å². The fourth-order valence-corrected chi connectivity index (χ4v) is 6.11. The number of rotatable bonds is 15. The fourth-order valence-electron chi connectivity index (χ4n) is 4.97. The molecule has 0 aliphatic carbocycles. The van der Waals surface area contributed by atoms with E-state index in [0.717, 1.165) is 17.5 Å². The molecule has 236 valence electrons. The van der Waals surface area contributed by atoms with Crippen LogP contribution >= 0.6 is 8.60 Å². The van der Waals surface area contributed by atoms with E-state index in [1.807, 2.05) is 81.6 Å². The van der Waals surface area contributed by atoms with E-state index in [9.17, 15) is 0 Å². The first kappa shape index (κ1) is 32.8. The van der Waals surface area contributed by atoms with Crippen molar-refractivity contribution in [1.29, 1.82) is 0 Å². The van der Waals surface area contributed by atoms with E-state index in [2.05, 4.69) is 32.3 Å². The molecule has 0 saturated carbocycles. The Morgan fingerprint density at radius 2 is 1.64 bits per heavy atom. The molecule has 5 rings (SSSR count). The molecule has 11 heteroatoms. The summed E-state index contributed by atoms with van der Waals surface area (Å²) in [6, 6.07) is 21.3. The molecule has 2 N–H and O–H groups in total. The van der Waals surface area contributed by atoms with Gasteiger partial charge >= 0.3 is 8.60 Å². The first-order valence-corrected chi connectivity index (χ1v) is 16.0. The van der Waals surface area contributed by atoms with E-state index < -0.39 is 20.0 Å². The Morgan fingerprint density at radius 3 is 2.18 bits per heavy atom. The second-order valence-corrected chi connectivity index (χ2v) is 12.2. The number of halogens is 1. The summed E-state index contributed by atoms with van der Waals surface area (Å²) in [6.07, 6.45) is 4.38.